The second-order valence-electron chi connectivity index (χ2n) is 6.68. The van der Waals surface area contributed by atoms with Gasteiger partial charge in [0, 0.05) is 52.4 Å². The molecule has 160 valence electrons. The third-order valence-electron chi connectivity index (χ3n) is 4.37. The summed E-state index contributed by atoms with van der Waals surface area (Å²) in [6, 6.07) is 0. The molecule has 12 nitrogen and oxygen atoms in total. The smallest absolute Gasteiger partial charge is 0.480 e. The molecule has 1 rings (SSSR count). The predicted octanol–water partition coefficient (Wildman–Crippen LogP) is -2.46. The van der Waals surface area contributed by atoms with Crippen LogP contribution >= 0.6 is 0 Å². The fourth-order valence-electron chi connectivity index (χ4n) is 2.99. The fraction of sp³-hybridized carbons (Fsp3) is 0.750. The van der Waals surface area contributed by atoms with Crippen molar-refractivity contribution in [2.45, 2.75) is 0 Å². The molecule has 0 aromatic carbocycles. The average Bonchev–Trinajstić information content (AvgIpc) is 2.63. The number of hydrogen-bond donors (Lipinski definition) is 4. The molecule has 29 heavy (non-hydrogen) atoms. The van der Waals surface area contributed by atoms with Gasteiger partial charge >= 0.3 is 56.6 Å². The third-order valence-corrected chi connectivity index (χ3v) is 4.37. The van der Waals surface area contributed by atoms with E-state index in [0.29, 0.717) is 45.8 Å². The Kier molecular flexibility index (Phi) is 14.2. The van der Waals surface area contributed by atoms with Crippen molar-refractivity contribution < 1.29 is 72.3 Å². The van der Waals surface area contributed by atoms with Crippen LogP contribution < -0.4 is 0 Å². The number of nitrogens with zero attached hydrogens (tertiary/aromatic N) is 4. The van der Waals surface area contributed by atoms with Crippen LogP contribution in [0, 0.1) is 0 Å². The first-order valence-corrected chi connectivity index (χ1v) is 8.92. The number of hydrogen-bond acceptors (Lipinski definition) is 8. The van der Waals surface area contributed by atoms with Crippen LogP contribution in [-0.4, -0.2) is 142 Å². The van der Waals surface area contributed by atoms with E-state index >= 15 is 0 Å². The first-order chi connectivity index (χ1) is 13.2. The zero-order chi connectivity index (χ0) is 21.1. The summed E-state index contributed by atoms with van der Waals surface area (Å²) >= 11 is 0. The van der Waals surface area contributed by atoms with Gasteiger partial charge in [0.25, 0.3) is 0 Å². The van der Waals surface area contributed by atoms with Crippen molar-refractivity contribution >= 4 is 23.9 Å². The first-order valence-electron chi connectivity index (χ1n) is 8.92. The van der Waals surface area contributed by atoms with Gasteiger partial charge in [0.05, 0.1) is 26.2 Å². The first kappa shape index (κ1) is 27.8. The van der Waals surface area contributed by atoms with Crippen LogP contribution in [-0.2, 0) is 51.9 Å². The number of carbonyl (C=O) groups is 4. The molecule has 0 bridgehead atoms. The molecule has 0 amide bonds. The maximum Gasteiger partial charge on any atom is 3.00 e. The molecule has 0 radical (unpaired) electrons. The number of aliphatic carboxylic acids is 4. The number of carboxylic acid groups (broad SMARTS) is 4. The molecule has 0 spiro atoms. The Morgan fingerprint density at radius 2 is 0.966 bits per heavy atom. The SMILES string of the molecule is O=C(O)CN1CCN(CCN(CC(=O)O)CC(=O)O)CCN(CC(=O)O)CC1.[Y+3]. The van der Waals surface area contributed by atoms with Gasteiger partial charge in [-0.15, -0.1) is 0 Å². The van der Waals surface area contributed by atoms with Crippen LogP contribution in [0.25, 0.3) is 0 Å². The van der Waals surface area contributed by atoms with Crippen molar-refractivity contribution in [1.29, 1.82) is 0 Å². The maximum atomic E-state index is 11.0. The van der Waals surface area contributed by atoms with Crippen molar-refractivity contribution in [2.75, 3.05) is 78.5 Å². The second-order valence-corrected chi connectivity index (χ2v) is 6.68. The minimum atomic E-state index is -1.12. The summed E-state index contributed by atoms with van der Waals surface area (Å²) in [6.07, 6.45) is 0. The molecule has 1 aliphatic heterocycles. The Balaban J connectivity index is 0.00000784. The molecule has 0 aromatic heterocycles. The standard InChI is InChI=1S/C16H28N4O8.Y/c21-13(22)9-18-4-1-17(2-5-19(7-6-18)10-14(23)24)3-8-20(11-15(25)26)12-16(27)28;/h1-12H2,(H,21,22)(H,23,24)(H,25,26)(H,27,28);/q;+3. The Bertz CT molecular complexity index is 521. The number of rotatable bonds is 11. The van der Waals surface area contributed by atoms with E-state index in [4.69, 9.17) is 20.4 Å². The van der Waals surface area contributed by atoms with E-state index in [1.807, 2.05) is 4.90 Å². The Morgan fingerprint density at radius 3 is 1.28 bits per heavy atom. The second kappa shape index (κ2) is 14.8. The minimum absolute atomic E-state index is 0. The molecular formula is C16H28N4O8Y+3. The summed E-state index contributed by atoms with van der Waals surface area (Å²) in [5.41, 5.74) is 0. The molecule has 0 saturated carbocycles. The molecular weight excluding hydrogens is 465 g/mol. The molecule has 4 N–H and O–H groups in total. The van der Waals surface area contributed by atoms with Gasteiger partial charge in [0.15, 0.2) is 0 Å². The van der Waals surface area contributed by atoms with Gasteiger partial charge in [0.2, 0.25) is 0 Å². The monoisotopic (exact) mass is 493 g/mol. The van der Waals surface area contributed by atoms with Gasteiger partial charge in [-0.2, -0.15) is 0 Å². The quantitative estimate of drug-likeness (QED) is 0.241. The van der Waals surface area contributed by atoms with Gasteiger partial charge in [-0.25, -0.2) is 0 Å². The summed E-state index contributed by atoms with van der Waals surface area (Å²) in [5, 5.41) is 35.9. The Labute approximate surface area is 193 Å². The van der Waals surface area contributed by atoms with E-state index in [9.17, 15) is 19.2 Å². The van der Waals surface area contributed by atoms with Gasteiger partial charge in [-0.1, -0.05) is 0 Å². The van der Waals surface area contributed by atoms with Crippen LogP contribution in [0.3, 0.4) is 0 Å². The molecule has 0 unspecified atom stereocenters. The van der Waals surface area contributed by atoms with Gasteiger partial charge < -0.3 is 20.4 Å². The molecule has 0 aromatic rings. The zero-order valence-corrected chi connectivity index (χ0v) is 19.1. The normalized spacial score (nSPS) is 17.0. The van der Waals surface area contributed by atoms with Crippen LogP contribution in [0.15, 0.2) is 0 Å². The molecule has 1 aliphatic rings. The maximum absolute atomic E-state index is 11.0. The van der Waals surface area contributed by atoms with Crippen molar-refractivity contribution in [1.82, 2.24) is 19.6 Å². The van der Waals surface area contributed by atoms with Crippen molar-refractivity contribution in [2.24, 2.45) is 0 Å². The van der Waals surface area contributed by atoms with Crippen LogP contribution in [0.1, 0.15) is 0 Å². The van der Waals surface area contributed by atoms with E-state index in [1.165, 1.54) is 4.90 Å². The van der Waals surface area contributed by atoms with Crippen LogP contribution in [0.2, 0.25) is 0 Å². The predicted molar refractivity (Wildman–Crippen MR) is 96.3 cm³/mol. The van der Waals surface area contributed by atoms with Gasteiger partial charge in [-0.05, 0) is 0 Å². The van der Waals surface area contributed by atoms with E-state index < -0.39 is 37.0 Å². The molecule has 1 fully saturated rings. The Morgan fingerprint density at radius 1 is 0.621 bits per heavy atom. The summed E-state index contributed by atoms with van der Waals surface area (Å²) < 4.78 is 0. The van der Waals surface area contributed by atoms with Crippen molar-refractivity contribution in [3.63, 3.8) is 0 Å². The molecule has 13 heteroatoms. The molecule has 0 atom stereocenters. The topological polar surface area (TPSA) is 162 Å². The average molecular weight is 493 g/mol. The minimum Gasteiger partial charge on any atom is -0.480 e. The summed E-state index contributed by atoms with van der Waals surface area (Å²) in [5.74, 6) is -4.17. The van der Waals surface area contributed by atoms with Crippen molar-refractivity contribution in [3.05, 3.63) is 0 Å². The Hall–Kier alpha value is -1.18. The fourth-order valence-corrected chi connectivity index (χ4v) is 2.99. The largest absolute Gasteiger partial charge is 3.00 e. The summed E-state index contributed by atoms with van der Waals surface area (Å²) in [4.78, 5) is 50.6. The number of carboxylic acids is 4. The van der Waals surface area contributed by atoms with E-state index in [1.54, 1.807) is 9.80 Å². The molecule has 1 saturated heterocycles. The summed E-state index contributed by atoms with van der Waals surface area (Å²) in [7, 11) is 0. The zero-order valence-electron chi connectivity index (χ0n) is 16.3. The van der Waals surface area contributed by atoms with E-state index in [-0.39, 0.29) is 52.3 Å². The van der Waals surface area contributed by atoms with Gasteiger partial charge in [0.1, 0.15) is 0 Å². The van der Waals surface area contributed by atoms with Crippen molar-refractivity contribution in [3.8, 4) is 0 Å². The van der Waals surface area contributed by atoms with Crippen LogP contribution in [0.4, 0.5) is 0 Å². The molecule has 1 heterocycles. The summed E-state index contributed by atoms with van der Waals surface area (Å²) in [6.45, 7) is 2.33. The third kappa shape index (κ3) is 13.6. The van der Waals surface area contributed by atoms with E-state index in [0.717, 1.165) is 0 Å². The van der Waals surface area contributed by atoms with Crippen LogP contribution in [0.5, 0.6) is 0 Å². The van der Waals surface area contributed by atoms with E-state index in [2.05, 4.69) is 0 Å². The molecule has 0 aliphatic carbocycles. The van der Waals surface area contributed by atoms with Gasteiger partial charge in [-0.3, -0.25) is 38.8 Å².